The van der Waals surface area contributed by atoms with E-state index in [0.29, 0.717) is 4.90 Å². The molecule has 6 heteroatoms. The van der Waals surface area contributed by atoms with E-state index in [4.69, 9.17) is 5.73 Å². The molecule has 0 aromatic heterocycles. The fourth-order valence-electron chi connectivity index (χ4n) is 2.14. The molecule has 0 atom stereocenters. The number of sulfonamides is 1. The van der Waals surface area contributed by atoms with Crippen LogP contribution in [-0.4, -0.2) is 20.5 Å². The molecule has 1 aromatic rings. The summed E-state index contributed by atoms with van der Waals surface area (Å²) in [5.74, 6) is 0. The van der Waals surface area contributed by atoms with Crippen molar-refractivity contribution >= 4 is 32.6 Å². The number of nitrogens with two attached hydrogens (primary N) is 1. The summed E-state index contributed by atoms with van der Waals surface area (Å²) in [5.41, 5.74) is 5.81. The van der Waals surface area contributed by atoms with Crippen molar-refractivity contribution in [1.82, 2.24) is 4.72 Å². The molecule has 1 aliphatic carbocycles. The molecular formula is C12H17IN2O2S. The Hall–Kier alpha value is -0.180. The van der Waals surface area contributed by atoms with E-state index < -0.39 is 10.0 Å². The van der Waals surface area contributed by atoms with E-state index in [9.17, 15) is 8.42 Å². The third-order valence-corrected chi connectivity index (χ3v) is 5.47. The summed E-state index contributed by atoms with van der Waals surface area (Å²) in [7, 11) is -3.39. The zero-order valence-electron chi connectivity index (χ0n) is 9.97. The SMILES string of the molecule is NC1CCC(NS(=O)(=O)c2ccc(I)cc2)CC1. The van der Waals surface area contributed by atoms with Gasteiger partial charge < -0.3 is 5.73 Å². The average molecular weight is 380 g/mol. The Balaban J connectivity index is 2.05. The van der Waals surface area contributed by atoms with Gasteiger partial charge in [-0.2, -0.15) is 0 Å². The second-order valence-electron chi connectivity index (χ2n) is 4.69. The summed E-state index contributed by atoms with van der Waals surface area (Å²) in [5, 5.41) is 0. The Morgan fingerprint density at radius 2 is 1.67 bits per heavy atom. The molecule has 2 rings (SSSR count). The van der Waals surface area contributed by atoms with E-state index in [0.717, 1.165) is 29.3 Å². The van der Waals surface area contributed by atoms with Crippen LogP contribution in [0.25, 0.3) is 0 Å². The van der Waals surface area contributed by atoms with E-state index in [-0.39, 0.29) is 12.1 Å². The Morgan fingerprint density at radius 1 is 1.11 bits per heavy atom. The molecule has 0 aliphatic heterocycles. The highest BCUT2D eigenvalue weighted by Crippen LogP contribution is 2.20. The molecule has 1 fully saturated rings. The first-order valence-corrected chi connectivity index (χ1v) is 8.57. The third-order valence-electron chi connectivity index (χ3n) is 3.22. The molecule has 0 unspecified atom stereocenters. The van der Waals surface area contributed by atoms with E-state index in [1.165, 1.54) is 0 Å². The fourth-order valence-corrected chi connectivity index (χ4v) is 3.80. The minimum atomic E-state index is -3.39. The molecule has 0 radical (unpaired) electrons. The highest BCUT2D eigenvalue weighted by Gasteiger charge is 2.24. The minimum absolute atomic E-state index is 0.0223. The van der Waals surface area contributed by atoms with E-state index in [2.05, 4.69) is 27.3 Å². The van der Waals surface area contributed by atoms with Crippen LogP contribution >= 0.6 is 22.6 Å². The molecule has 0 saturated heterocycles. The standard InChI is InChI=1S/C12H17IN2O2S/c13-9-1-7-12(8-2-9)18(16,17)15-11-5-3-10(14)4-6-11/h1-2,7-8,10-11,15H,3-6,14H2. The number of halogens is 1. The van der Waals surface area contributed by atoms with Crippen LogP contribution in [0, 0.1) is 3.57 Å². The van der Waals surface area contributed by atoms with Crippen LogP contribution in [0.4, 0.5) is 0 Å². The van der Waals surface area contributed by atoms with Crippen LogP contribution in [0.15, 0.2) is 29.2 Å². The predicted molar refractivity (Wildman–Crippen MR) is 79.7 cm³/mol. The van der Waals surface area contributed by atoms with Crippen LogP contribution in [0.5, 0.6) is 0 Å². The summed E-state index contributed by atoms with van der Waals surface area (Å²) >= 11 is 2.15. The minimum Gasteiger partial charge on any atom is -0.328 e. The zero-order valence-corrected chi connectivity index (χ0v) is 12.9. The topological polar surface area (TPSA) is 72.2 Å². The van der Waals surface area contributed by atoms with Gasteiger partial charge in [0.15, 0.2) is 0 Å². The average Bonchev–Trinajstić information content (AvgIpc) is 2.32. The first kappa shape index (κ1) is 14.2. The van der Waals surface area contributed by atoms with Crippen LogP contribution in [-0.2, 0) is 10.0 Å². The lowest BCUT2D eigenvalue weighted by atomic mass is 9.93. The van der Waals surface area contributed by atoms with Gasteiger partial charge in [0.05, 0.1) is 4.90 Å². The molecule has 0 bridgehead atoms. The van der Waals surface area contributed by atoms with Gasteiger partial charge in [0.25, 0.3) is 0 Å². The molecule has 0 spiro atoms. The first-order chi connectivity index (χ1) is 8.47. The highest BCUT2D eigenvalue weighted by molar-refractivity contribution is 14.1. The number of rotatable bonds is 3. The fraction of sp³-hybridized carbons (Fsp3) is 0.500. The zero-order chi connectivity index (χ0) is 13.2. The largest absolute Gasteiger partial charge is 0.328 e. The predicted octanol–water partition coefficient (Wildman–Crippen LogP) is 1.84. The normalized spacial score (nSPS) is 25.0. The van der Waals surface area contributed by atoms with Gasteiger partial charge in [0, 0.05) is 15.7 Å². The van der Waals surface area contributed by atoms with Crippen molar-refractivity contribution in [1.29, 1.82) is 0 Å². The molecule has 100 valence electrons. The summed E-state index contributed by atoms with van der Waals surface area (Å²) in [6.45, 7) is 0. The van der Waals surface area contributed by atoms with Crippen LogP contribution < -0.4 is 10.5 Å². The maximum absolute atomic E-state index is 12.1. The van der Waals surface area contributed by atoms with Gasteiger partial charge in [0.1, 0.15) is 0 Å². The molecule has 0 heterocycles. The van der Waals surface area contributed by atoms with E-state index in [1.54, 1.807) is 24.3 Å². The van der Waals surface area contributed by atoms with Crippen molar-refractivity contribution in [3.8, 4) is 0 Å². The summed E-state index contributed by atoms with van der Waals surface area (Å²) in [6.07, 6.45) is 3.43. The van der Waals surface area contributed by atoms with E-state index >= 15 is 0 Å². The first-order valence-electron chi connectivity index (χ1n) is 6.01. The summed E-state index contributed by atoms with van der Waals surface area (Å²) < 4.78 is 28.1. The lowest BCUT2D eigenvalue weighted by molar-refractivity contribution is 0.373. The van der Waals surface area contributed by atoms with Crippen molar-refractivity contribution in [3.63, 3.8) is 0 Å². The second-order valence-corrected chi connectivity index (χ2v) is 7.65. The number of benzene rings is 1. The molecule has 1 aliphatic rings. The van der Waals surface area contributed by atoms with Crippen LogP contribution in [0.3, 0.4) is 0 Å². The van der Waals surface area contributed by atoms with Crippen molar-refractivity contribution in [2.75, 3.05) is 0 Å². The molecule has 18 heavy (non-hydrogen) atoms. The van der Waals surface area contributed by atoms with Crippen molar-refractivity contribution < 1.29 is 8.42 Å². The van der Waals surface area contributed by atoms with Gasteiger partial charge in [-0.25, -0.2) is 13.1 Å². The third kappa shape index (κ3) is 3.66. The van der Waals surface area contributed by atoms with Crippen LogP contribution in [0.2, 0.25) is 0 Å². The molecule has 1 aromatic carbocycles. The molecule has 0 amide bonds. The van der Waals surface area contributed by atoms with E-state index in [1.807, 2.05) is 0 Å². The van der Waals surface area contributed by atoms with Crippen molar-refractivity contribution in [2.24, 2.45) is 5.73 Å². The smallest absolute Gasteiger partial charge is 0.240 e. The van der Waals surface area contributed by atoms with Gasteiger partial charge in [-0.15, -0.1) is 0 Å². The lowest BCUT2D eigenvalue weighted by Gasteiger charge is -2.26. The highest BCUT2D eigenvalue weighted by atomic mass is 127. The van der Waals surface area contributed by atoms with Gasteiger partial charge in [-0.3, -0.25) is 0 Å². The van der Waals surface area contributed by atoms with Gasteiger partial charge >= 0.3 is 0 Å². The Morgan fingerprint density at radius 3 is 2.22 bits per heavy atom. The van der Waals surface area contributed by atoms with Crippen LogP contribution in [0.1, 0.15) is 25.7 Å². The Kier molecular flexibility index (Phi) is 4.63. The monoisotopic (exact) mass is 380 g/mol. The van der Waals surface area contributed by atoms with Gasteiger partial charge in [-0.1, -0.05) is 0 Å². The second kappa shape index (κ2) is 5.85. The lowest BCUT2D eigenvalue weighted by Crippen LogP contribution is -2.40. The quantitative estimate of drug-likeness (QED) is 0.787. The summed E-state index contributed by atoms with van der Waals surface area (Å²) in [6, 6.07) is 7.12. The molecular weight excluding hydrogens is 363 g/mol. The summed E-state index contributed by atoms with van der Waals surface area (Å²) in [4.78, 5) is 0.331. The number of hydrogen-bond acceptors (Lipinski definition) is 3. The molecule has 3 N–H and O–H groups in total. The van der Waals surface area contributed by atoms with Gasteiger partial charge in [-0.05, 0) is 72.5 Å². The van der Waals surface area contributed by atoms with Crippen molar-refractivity contribution in [2.45, 2.75) is 42.7 Å². The molecule has 1 saturated carbocycles. The van der Waals surface area contributed by atoms with Crippen molar-refractivity contribution in [3.05, 3.63) is 27.8 Å². The number of nitrogens with one attached hydrogen (secondary N) is 1. The number of hydrogen-bond donors (Lipinski definition) is 2. The Labute approximate surface area is 122 Å². The van der Waals surface area contributed by atoms with Gasteiger partial charge in [0.2, 0.25) is 10.0 Å². The maximum Gasteiger partial charge on any atom is 0.240 e. The molecule has 4 nitrogen and oxygen atoms in total. The maximum atomic E-state index is 12.1. The Bertz CT molecular complexity index is 493.